The summed E-state index contributed by atoms with van der Waals surface area (Å²) in [5.41, 5.74) is 0. The number of nitrogens with one attached hydrogen (secondary N) is 1. The van der Waals surface area contributed by atoms with Crippen LogP contribution >= 0.6 is 11.3 Å². The number of hydrogen-bond donors (Lipinski definition) is 1. The predicted molar refractivity (Wildman–Crippen MR) is 66.7 cm³/mol. The fraction of sp³-hybridized carbons (Fsp3) is 0.667. The number of thiophene rings is 1. The standard InChI is InChI=1S/C12H21NOS/c1-5-9(2)6-11(13-3)12-7-10(14-4)8-15-12/h7-9,11,13H,5-6H2,1-4H3. The Balaban J connectivity index is 2.65. The van der Waals surface area contributed by atoms with Crippen molar-refractivity contribution >= 4 is 11.3 Å². The lowest BCUT2D eigenvalue weighted by Gasteiger charge is -2.18. The molecule has 3 heteroatoms. The highest BCUT2D eigenvalue weighted by molar-refractivity contribution is 7.10. The van der Waals surface area contributed by atoms with Crippen molar-refractivity contribution in [3.05, 3.63) is 16.3 Å². The molecule has 0 saturated carbocycles. The molecule has 1 N–H and O–H groups in total. The SMILES string of the molecule is CCC(C)CC(NC)c1cc(OC)cs1. The minimum absolute atomic E-state index is 0.467. The summed E-state index contributed by atoms with van der Waals surface area (Å²) in [4.78, 5) is 1.37. The lowest BCUT2D eigenvalue weighted by atomic mass is 9.98. The van der Waals surface area contributed by atoms with Crippen molar-refractivity contribution in [1.29, 1.82) is 0 Å². The topological polar surface area (TPSA) is 21.3 Å². The van der Waals surface area contributed by atoms with Gasteiger partial charge in [-0.3, -0.25) is 0 Å². The summed E-state index contributed by atoms with van der Waals surface area (Å²) in [5, 5.41) is 5.44. The molecule has 1 rings (SSSR count). The van der Waals surface area contributed by atoms with E-state index in [1.54, 1.807) is 18.4 Å². The Morgan fingerprint density at radius 2 is 2.27 bits per heavy atom. The smallest absolute Gasteiger partial charge is 0.129 e. The molecule has 0 aliphatic carbocycles. The van der Waals surface area contributed by atoms with Crippen LogP contribution in [0.4, 0.5) is 0 Å². The van der Waals surface area contributed by atoms with E-state index in [1.807, 2.05) is 7.05 Å². The molecule has 0 spiro atoms. The van der Waals surface area contributed by atoms with Crippen molar-refractivity contribution in [3.8, 4) is 5.75 Å². The molecule has 0 radical (unpaired) electrons. The lowest BCUT2D eigenvalue weighted by Crippen LogP contribution is -2.17. The average molecular weight is 227 g/mol. The first-order valence-electron chi connectivity index (χ1n) is 5.50. The van der Waals surface area contributed by atoms with E-state index in [2.05, 4.69) is 30.6 Å². The quantitative estimate of drug-likeness (QED) is 0.803. The van der Waals surface area contributed by atoms with Gasteiger partial charge in [-0.05, 0) is 25.5 Å². The van der Waals surface area contributed by atoms with Gasteiger partial charge in [-0.1, -0.05) is 20.3 Å². The van der Waals surface area contributed by atoms with E-state index in [4.69, 9.17) is 4.74 Å². The number of methoxy groups -OCH3 is 1. The molecule has 0 aromatic carbocycles. The van der Waals surface area contributed by atoms with Gasteiger partial charge in [-0.2, -0.15) is 0 Å². The summed E-state index contributed by atoms with van der Waals surface area (Å²) < 4.78 is 5.20. The molecule has 1 aromatic rings. The minimum Gasteiger partial charge on any atom is -0.496 e. The molecule has 0 amide bonds. The minimum atomic E-state index is 0.467. The van der Waals surface area contributed by atoms with Gasteiger partial charge >= 0.3 is 0 Å². The summed E-state index contributed by atoms with van der Waals surface area (Å²) in [5.74, 6) is 1.73. The van der Waals surface area contributed by atoms with Gasteiger partial charge in [0.05, 0.1) is 7.11 Å². The first-order valence-corrected chi connectivity index (χ1v) is 6.38. The van der Waals surface area contributed by atoms with E-state index in [9.17, 15) is 0 Å². The molecule has 0 aliphatic heterocycles. The van der Waals surface area contributed by atoms with E-state index in [0.717, 1.165) is 11.7 Å². The van der Waals surface area contributed by atoms with Crippen molar-refractivity contribution < 1.29 is 4.74 Å². The molecule has 2 atom stereocenters. The monoisotopic (exact) mass is 227 g/mol. The van der Waals surface area contributed by atoms with Crippen molar-refractivity contribution in [3.63, 3.8) is 0 Å². The van der Waals surface area contributed by atoms with Gasteiger partial charge in [0, 0.05) is 16.3 Å². The van der Waals surface area contributed by atoms with Crippen LogP contribution in [0.2, 0.25) is 0 Å². The van der Waals surface area contributed by atoms with Crippen LogP contribution < -0.4 is 10.1 Å². The molecule has 0 saturated heterocycles. The van der Waals surface area contributed by atoms with Gasteiger partial charge in [0.1, 0.15) is 5.75 Å². The van der Waals surface area contributed by atoms with Gasteiger partial charge in [0.2, 0.25) is 0 Å². The van der Waals surface area contributed by atoms with E-state index in [-0.39, 0.29) is 0 Å². The van der Waals surface area contributed by atoms with Crippen LogP contribution in [0.5, 0.6) is 5.75 Å². The molecule has 0 bridgehead atoms. The van der Waals surface area contributed by atoms with Gasteiger partial charge in [0.15, 0.2) is 0 Å². The van der Waals surface area contributed by atoms with Crippen molar-refractivity contribution in [2.24, 2.45) is 5.92 Å². The Bertz CT molecular complexity index is 285. The second-order valence-corrected chi connectivity index (χ2v) is 4.92. The molecular weight excluding hydrogens is 206 g/mol. The first kappa shape index (κ1) is 12.5. The Morgan fingerprint density at radius 1 is 1.53 bits per heavy atom. The maximum Gasteiger partial charge on any atom is 0.129 e. The van der Waals surface area contributed by atoms with Gasteiger partial charge in [-0.25, -0.2) is 0 Å². The number of hydrogen-bond acceptors (Lipinski definition) is 3. The van der Waals surface area contributed by atoms with Gasteiger partial charge < -0.3 is 10.1 Å². The van der Waals surface area contributed by atoms with Crippen molar-refractivity contribution in [1.82, 2.24) is 5.32 Å². The maximum atomic E-state index is 5.20. The van der Waals surface area contributed by atoms with Crippen LogP contribution in [-0.4, -0.2) is 14.2 Å². The highest BCUT2D eigenvalue weighted by Crippen LogP contribution is 2.30. The fourth-order valence-electron chi connectivity index (χ4n) is 1.57. The number of ether oxygens (including phenoxy) is 1. The van der Waals surface area contributed by atoms with Crippen LogP contribution in [0.1, 0.15) is 37.6 Å². The van der Waals surface area contributed by atoms with Crippen molar-refractivity contribution in [2.75, 3.05) is 14.2 Å². The van der Waals surface area contributed by atoms with Gasteiger partial charge in [-0.15, -0.1) is 11.3 Å². The van der Waals surface area contributed by atoms with E-state index in [0.29, 0.717) is 6.04 Å². The van der Waals surface area contributed by atoms with Crippen LogP contribution in [0.15, 0.2) is 11.4 Å². The molecule has 1 heterocycles. The second-order valence-electron chi connectivity index (χ2n) is 3.98. The highest BCUT2D eigenvalue weighted by atomic mass is 32.1. The van der Waals surface area contributed by atoms with E-state index < -0.39 is 0 Å². The molecule has 15 heavy (non-hydrogen) atoms. The molecule has 2 nitrogen and oxygen atoms in total. The average Bonchev–Trinajstić information content (AvgIpc) is 2.73. The molecule has 86 valence electrons. The largest absolute Gasteiger partial charge is 0.496 e. The first-order chi connectivity index (χ1) is 7.21. The van der Waals surface area contributed by atoms with Crippen LogP contribution in [0.3, 0.4) is 0 Å². The Hall–Kier alpha value is -0.540. The molecule has 0 aliphatic rings. The Kier molecular flexibility index (Phi) is 5.12. The van der Waals surface area contributed by atoms with Crippen molar-refractivity contribution in [2.45, 2.75) is 32.7 Å². The van der Waals surface area contributed by atoms with E-state index in [1.165, 1.54) is 17.7 Å². The zero-order chi connectivity index (χ0) is 11.3. The third-order valence-corrected chi connectivity index (χ3v) is 3.88. The second kappa shape index (κ2) is 6.13. The predicted octanol–water partition coefficient (Wildman–Crippen LogP) is 3.45. The zero-order valence-electron chi connectivity index (χ0n) is 10.0. The van der Waals surface area contributed by atoms with Gasteiger partial charge in [0.25, 0.3) is 0 Å². The Labute approximate surface area is 96.7 Å². The zero-order valence-corrected chi connectivity index (χ0v) is 10.9. The normalized spacial score (nSPS) is 14.9. The summed E-state index contributed by atoms with van der Waals surface area (Å²) >= 11 is 1.77. The molecule has 2 unspecified atom stereocenters. The summed E-state index contributed by atoms with van der Waals surface area (Å²) in [6.07, 6.45) is 2.43. The third-order valence-electron chi connectivity index (χ3n) is 2.86. The summed E-state index contributed by atoms with van der Waals surface area (Å²) in [6.45, 7) is 4.54. The fourth-order valence-corrected chi connectivity index (χ4v) is 2.55. The van der Waals surface area contributed by atoms with Crippen LogP contribution in [0, 0.1) is 5.92 Å². The highest BCUT2D eigenvalue weighted by Gasteiger charge is 2.14. The van der Waals surface area contributed by atoms with Crippen LogP contribution in [-0.2, 0) is 0 Å². The maximum absolute atomic E-state index is 5.20. The molecular formula is C12H21NOS. The summed E-state index contributed by atoms with van der Waals surface area (Å²) in [7, 11) is 3.74. The Morgan fingerprint density at radius 3 is 2.73 bits per heavy atom. The third kappa shape index (κ3) is 3.50. The van der Waals surface area contributed by atoms with Crippen LogP contribution in [0.25, 0.3) is 0 Å². The lowest BCUT2D eigenvalue weighted by molar-refractivity contribution is 0.411. The molecule has 0 fully saturated rings. The number of rotatable bonds is 6. The molecule has 1 aromatic heterocycles. The summed E-state index contributed by atoms with van der Waals surface area (Å²) in [6, 6.07) is 2.60. The van der Waals surface area contributed by atoms with E-state index >= 15 is 0 Å².